The Bertz CT molecular complexity index is 409. The number of nitrogens with one attached hydrogen (secondary N) is 1. The molecule has 1 saturated heterocycles. The molecule has 0 aromatic heterocycles. The Morgan fingerprint density at radius 2 is 2.11 bits per heavy atom. The smallest absolute Gasteiger partial charge is 0.159 e. The summed E-state index contributed by atoms with van der Waals surface area (Å²) < 4.78 is 26.3. The molecular weight excluding hydrogens is 234 g/mol. The summed E-state index contributed by atoms with van der Waals surface area (Å²) in [4.78, 5) is 2.22. The van der Waals surface area contributed by atoms with Gasteiger partial charge < -0.3 is 5.32 Å². The van der Waals surface area contributed by atoms with E-state index in [1.54, 1.807) is 6.07 Å². The van der Waals surface area contributed by atoms with E-state index in [2.05, 4.69) is 17.1 Å². The van der Waals surface area contributed by atoms with Gasteiger partial charge in [0.1, 0.15) is 0 Å². The molecule has 0 radical (unpaired) electrons. The lowest BCUT2D eigenvalue weighted by Gasteiger charge is -2.25. The number of rotatable bonds is 4. The van der Waals surface area contributed by atoms with Crippen LogP contribution in [0.3, 0.4) is 0 Å². The maximum absolute atomic E-state index is 13.3. The van der Waals surface area contributed by atoms with Gasteiger partial charge >= 0.3 is 0 Å². The molecule has 2 atom stereocenters. The highest BCUT2D eigenvalue weighted by Crippen LogP contribution is 2.36. The molecule has 4 heteroatoms. The zero-order valence-corrected chi connectivity index (χ0v) is 10.9. The van der Waals surface area contributed by atoms with Gasteiger partial charge in [-0.1, -0.05) is 13.0 Å². The molecule has 0 aliphatic carbocycles. The summed E-state index contributed by atoms with van der Waals surface area (Å²) >= 11 is 0. The van der Waals surface area contributed by atoms with Gasteiger partial charge in [0.25, 0.3) is 0 Å². The highest BCUT2D eigenvalue weighted by atomic mass is 19.2. The summed E-state index contributed by atoms with van der Waals surface area (Å²) in [5.41, 5.74) is 0.872. The normalized spacial score (nSPS) is 24.7. The van der Waals surface area contributed by atoms with Gasteiger partial charge in [0.05, 0.1) is 0 Å². The summed E-state index contributed by atoms with van der Waals surface area (Å²) in [6.45, 7) is 4.93. The molecule has 2 rings (SSSR count). The number of hydrogen-bond acceptors (Lipinski definition) is 2. The molecule has 0 bridgehead atoms. The van der Waals surface area contributed by atoms with Crippen molar-refractivity contribution in [2.24, 2.45) is 5.92 Å². The predicted molar refractivity (Wildman–Crippen MR) is 68.4 cm³/mol. The molecule has 1 fully saturated rings. The van der Waals surface area contributed by atoms with Gasteiger partial charge in [-0.3, -0.25) is 4.90 Å². The zero-order valence-electron chi connectivity index (χ0n) is 10.9. The molecule has 1 aliphatic rings. The Kier molecular flexibility index (Phi) is 4.30. The van der Waals surface area contributed by atoms with E-state index in [0.717, 1.165) is 31.6 Å². The second-order valence-corrected chi connectivity index (χ2v) is 4.96. The van der Waals surface area contributed by atoms with Crippen molar-refractivity contribution >= 4 is 0 Å². The van der Waals surface area contributed by atoms with Gasteiger partial charge in [-0.2, -0.15) is 0 Å². The number of hydrogen-bond donors (Lipinski definition) is 1. The van der Waals surface area contributed by atoms with Crippen LogP contribution in [-0.4, -0.2) is 31.6 Å². The summed E-state index contributed by atoms with van der Waals surface area (Å²) in [7, 11) is 2.04. The SMILES string of the molecule is CCNCC1CCN(C)C1c1ccc(F)c(F)c1. The van der Waals surface area contributed by atoms with E-state index in [1.165, 1.54) is 12.1 Å². The monoisotopic (exact) mass is 254 g/mol. The Labute approximate surface area is 107 Å². The first-order valence-corrected chi connectivity index (χ1v) is 6.49. The highest BCUT2D eigenvalue weighted by molar-refractivity contribution is 5.23. The lowest BCUT2D eigenvalue weighted by molar-refractivity contribution is 0.271. The van der Waals surface area contributed by atoms with E-state index in [1.807, 2.05) is 7.05 Å². The van der Waals surface area contributed by atoms with E-state index < -0.39 is 11.6 Å². The second kappa shape index (κ2) is 5.76. The molecule has 1 aromatic carbocycles. The largest absolute Gasteiger partial charge is 0.317 e. The van der Waals surface area contributed by atoms with Crippen LogP contribution in [0.4, 0.5) is 8.78 Å². The molecule has 2 nitrogen and oxygen atoms in total. The molecule has 100 valence electrons. The standard InChI is InChI=1S/C14H20F2N2/c1-3-17-9-11-6-7-18(2)14(11)10-4-5-12(15)13(16)8-10/h4-5,8,11,14,17H,3,6-7,9H2,1-2H3. The van der Waals surface area contributed by atoms with Gasteiger partial charge in [0.15, 0.2) is 11.6 Å². The quantitative estimate of drug-likeness (QED) is 0.888. The number of nitrogens with zero attached hydrogens (tertiary/aromatic N) is 1. The van der Waals surface area contributed by atoms with Crippen molar-refractivity contribution in [1.29, 1.82) is 0 Å². The van der Waals surface area contributed by atoms with Gasteiger partial charge in [-0.25, -0.2) is 8.78 Å². The number of benzene rings is 1. The van der Waals surface area contributed by atoms with E-state index in [0.29, 0.717) is 5.92 Å². The Hall–Kier alpha value is -1.00. The Morgan fingerprint density at radius 1 is 1.33 bits per heavy atom. The van der Waals surface area contributed by atoms with Gasteiger partial charge in [-0.15, -0.1) is 0 Å². The average molecular weight is 254 g/mol. The fraction of sp³-hybridized carbons (Fsp3) is 0.571. The lowest BCUT2D eigenvalue weighted by atomic mass is 9.93. The fourth-order valence-corrected chi connectivity index (χ4v) is 2.79. The van der Waals surface area contributed by atoms with Crippen molar-refractivity contribution in [1.82, 2.24) is 10.2 Å². The first-order chi connectivity index (χ1) is 8.63. The summed E-state index contributed by atoms with van der Waals surface area (Å²) in [6.07, 6.45) is 1.09. The van der Waals surface area contributed by atoms with Gasteiger partial charge in [-0.05, 0) is 56.7 Å². The van der Waals surface area contributed by atoms with Crippen LogP contribution in [0.1, 0.15) is 24.9 Å². The predicted octanol–water partition coefficient (Wildman–Crippen LogP) is 2.57. The molecule has 1 N–H and O–H groups in total. The molecule has 18 heavy (non-hydrogen) atoms. The maximum Gasteiger partial charge on any atom is 0.159 e. The molecule has 1 aliphatic heterocycles. The molecule has 2 unspecified atom stereocenters. The topological polar surface area (TPSA) is 15.3 Å². The van der Waals surface area contributed by atoms with Crippen LogP contribution in [0.5, 0.6) is 0 Å². The van der Waals surface area contributed by atoms with E-state index in [-0.39, 0.29) is 6.04 Å². The molecular formula is C14H20F2N2. The van der Waals surface area contributed by atoms with Crippen LogP contribution < -0.4 is 5.32 Å². The molecule has 1 aromatic rings. The summed E-state index contributed by atoms with van der Waals surface area (Å²) in [5, 5.41) is 3.34. The summed E-state index contributed by atoms with van der Waals surface area (Å²) in [6, 6.07) is 4.44. The number of halogens is 2. The van der Waals surface area contributed by atoms with Crippen molar-refractivity contribution in [3.8, 4) is 0 Å². The van der Waals surface area contributed by atoms with Crippen molar-refractivity contribution in [2.45, 2.75) is 19.4 Å². The van der Waals surface area contributed by atoms with E-state index in [9.17, 15) is 8.78 Å². The van der Waals surface area contributed by atoms with Crippen molar-refractivity contribution in [2.75, 3.05) is 26.7 Å². The minimum Gasteiger partial charge on any atom is -0.317 e. The van der Waals surface area contributed by atoms with Crippen molar-refractivity contribution in [3.05, 3.63) is 35.4 Å². The highest BCUT2D eigenvalue weighted by Gasteiger charge is 2.32. The van der Waals surface area contributed by atoms with Crippen molar-refractivity contribution < 1.29 is 8.78 Å². The summed E-state index contributed by atoms with van der Waals surface area (Å²) in [5.74, 6) is -1.07. The third-order valence-corrected chi connectivity index (χ3v) is 3.72. The number of likely N-dealkylation sites (tertiary alicyclic amines) is 1. The fourth-order valence-electron chi connectivity index (χ4n) is 2.79. The minimum absolute atomic E-state index is 0.180. The third-order valence-electron chi connectivity index (χ3n) is 3.72. The van der Waals surface area contributed by atoms with Gasteiger partial charge in [0, 0.05) is 6.04 Å². The molecule has 0 spiro atoms. The van der Waals surface area contributed by atoms with E-state index >= 15 is 0 Å². The lowest BCUT2D eigenvalue weighted by Crippen LogP contribution is -2.28. The minimum atomic E-state index is -0.775. The van der Waals surface area contributed by atoms with Crippen LogP contribution in [-0.2, 0) is 0 Å². The molecule has 1 heterocycles. The van der Waals surface area contributed by atoms with Crippen molar-refractivity contribution in [3.63, 3.8) is 0 Å². The Balaban J connectivity index is 2.19. The second-order valence-electron chi connectivity index (χ2n) is 4.96. The van der Waals surface area contributed by atoms with Gasteiger partial charge in [0.2, 0.25) is 0 Å². The first kappa shape index (κ1) is 13.4. The third kappa shape index (κ3) is 2.70. The van der Waals surface area contributed by atoms with Crippen LogP contribution in [0.2, 0.25) is 0 Å². The van der Waals surface area contributed by atoms with E-state index in [4.69, 9.17) is 0 Å². The Morgan fingerprint density at radius 3 is 2.78 bits per heavy atom. The van der Waals surface area contributed by atoms with Crippen LogP contribution in [0, 0.1) is 17.6 Å². The molecule has 0 saturated carbocycles. The molecule has 0 amide bonds. The van der Waals surface area contributed by atoms with Crippen LogP contribution in [0.25, 0.3) is 0 Å². The average Bonchev–Trinajstić information content (AvgIpc) is 2.71. The first-order valence-electron chi connectivity index (χ1n) is 6.49. The maximum atomic E-state index is 13.3. The van der Waals surface area contributed by atoms with Crippen LogP contribution >= 0.6 is 0 Å². The van der Waals surface area contributed by atoms with Crippen LogP contribution in [0.15, 0.2) is 18.2 Å². The zero-order chi connectivity index (χ0) is 13.1.